The Hall–Kier alpha value is -1.35. The van der Waals surface area contributed by atoms with Crippen LogP contribution in [-0.4, -0.2) is 37.7 Å². The van der Waals surface area contributed by atoms with Crippen molar-refractivity contribution in [2.24, 2.45) is 4.99 Å². The molecule has 1 aromatic carbocycles. The van der Waals surface area contributed by atoms with Crippen molar-refractivity contribution >= 4 is 41.3 Å². The van der Waals surface area contributed by atoms with Crippen LogP contribution in [0.4, 0.5) is 0 Å². The molecule has 0 saturated carbocycles. The Kier molecular flexibility index (Phi) is 9.81. The first-order chi connectivity index (χ1) is 11.6. The van der Waals surface area contributed by atoms with Crippen LogP contribution in [0.15, 0.2) is 29.3 Å². The fraction of sp³-hybridized carbons (Fsp3) is 0.444. The van der Waals surface area contributed by atoms with Gasteiger partial charge in [-0.25, -0.2) is 4.98 Å². The molecule has 138 valence electrons. The van der Waals surface area contributed by atoms with Crippen molar-refractivity contribution in [3.8, 4) is 5.75 Å². The van der Waals surface area contributed by atoms with Gasteiger partial charge in [-0.05, 0) is 32.9 Å². The average Bonchev–Trinajstić information content (AvgIpc) is 2.89. The van der Waals surface area contributed by atoms with Crippen LogP contribution in [0.25, 0.3) is 0 Å². The van der Waals surface area contributed by atoms with E-state index < -0.39 is 0 Å². The highest BCUT2D eigenvalue weighted by Crippen LogP contribution is 2.16. The van der Waals surface area contributed by atoms with Crippen molar-refractivity contribution < 1.29 is 4.74 Å². The molecule has 0 saturated heterocycles. The highest BCUT2D eigenvalue weighted by atomic mass is 127. The molecule has 7 heteroatoms. The van der Waals surface area contributed by atoms with E-state index in [-0.39, 0.29) is 24.0 Å². The first kappa shape index (κ1) is 21.7. The summed E-state index contributed by atoms with van der Waals surface area (Å²) in [5.41, 5.74) is 2.36. The maximum atomic E-state index is 5.69. The first-order valence-corrected chi connectivity index (χ1v) is 8.97. The highest BCUT2D eigenvalue weighted by Gasteiger charge is 2.04. The number of thiazole rings is 1. The van der Waals surface area contributed by atoms with Gasteiger partial charge in [0.2, 0.25) is 0 Å². The highest BCUT2D eigenvalue weighted by molar-refractivity contribution is 14.0. The predicted molar refractivity (Wildman–Crippen MR) is 117 cm³/mol. The molecule has 0 aliphatic carbocycles. The largest absolute Gasteiger partial charge is 0.492 e. The number of nitrogens with zero attached hydrogens (tertiary/aromatic N) is 2. The second-order valence-electron chi connectivity index (χ2n) is 5.59. The van der Waals surface area contributed by atoms with Gasteiger partial charge in [-0.3, -0.25) is 4.99 Å². The summed E-state index contributed by atoms with van der Waals surface area (Å²) >= 11 is 1.76. The topological polar surface area (TPSA) is 58.5 Å². The van der Waals surface area contributed by atoms with E-state index in [0.29, 0.717) is 13.2 Å². The molecule has 2 rings (SSSR count). The Bertz CT molecular complexity index is 651. The van der Waals surface area contributed by atoms with E-state index in [1.54, 1.807) is 18.4 Å². The van der Waals surface area contributed by atoms with Gasteiger partial charge in [0.15, 0.2) is 5.96 Å². The smallest absolute Gasteiger partial charge is 0.191 e. The number of nitrogens with one attached hydrogen (secondary N) is 2. The number of halogens is 1. The van der Waals surface area contributed by atoms with E-state index in [0.717, 1.165) is 35.4 Å². The molecule has 1 aromatic heterocycles. The molecule has 0 amide bonds. The number of benzene rings is 1. The van der Waals surface area contributed by atoms with Gasteiger partial charge in [-0.15, -0.1) is 35.3 Å². The molecule has 25 heavy (non-hydrogen) atoms. The Balaban J connectivity index is 0.00000312. The fourth-order valence-corrected chi connectivity index (χ4v) is 3.06. The molecule has 0 atom stereocenters. The second kappa shape index (κ2) is 11.3. The zero-order chi connectivity index (χ0) is 17.4. The third kappa shape index (κ3) is 7.60. The van der Waals surface area contributed by atoms with Crippen molar-refractivity contribution in [2.45, 2.75) is 27.2 Å². The van der Waals surface area contributed by atoms with Crippen LogP contribution in [0, 0.1) is 20.8 Å². The van der Waals surface area contributed by atoms with Gasteiger partial charge in [0.05, 0.1) is 17.2 Å². The van der Waals surface area contributed by atoms with Gasteiger partial charge in [0, 0.05) is 24.9 Å². The van der Waals surface area contributed by atoms with Crippen LogP contribution in [0.2, 0.25) is 0 Å². The number of aliphatic imine (C=N–C) groups is 1. The van der Waals surface area contributed by atoms with Gasteiger partial charge in [0.25, 0.3) is 0 Å². The van der Waals surface area contributed by atoms with Gasteiger partial charge in [-0.1, -0.05) is 17.7 Å². The predicted octanol–water partition coefficient (Wildman–Crippen LogP) is 3.47. The van der Waals surface area contributed by atoms with Crippen LogP contribution in [0.5, 0.6) is 5.75 Å². The normalized spacial score (nSPS) is 11.0. The van der Waals surface area contributed by atoms with Gasteiger partial charge in [-0.2, -0.15) is 0 Å². The molecule has 5 nitrogen and oxygen atoms in total. The van der Waals surface area contributed by atoms with Crippen molar-refractivity contribution in [1.29, 1.82) is 0 Å². The lowest BCUT2D eigenvalue weighted by atomic mass is 10.2. The zero-order valence-corrected chi connectivity index (χ0v) is 18.4. The number of guanidine groups is 1. The Morgan fingerprint density at radius 2 is 1.80 bits per heavy atom. The minimum atomic E-state index is 0. The monoisotopic (exact) mass is 474 g/mol. The Morgan fingerprint density at radius 3 is 2.40 bits per heavy atom. The van der Waals surface area contributed by atoms with E-state index in [1.165, 1.54) is 10.4 Å². The SMILES string of the molecule is CN=C(NCCOc1ccc(C)cc1)NCCc1nc(C)c(C)s1.I. The van der Waals surface area contributed by atoms with E-state index >= 15 is 0 Å². The van der Waals surface area contributed by atoms with Crippen LogP contribution in [-0.2, 0) is 6.42 Å². The molecule has 0 radical (unpaired) electrons. The molecule has 1 heterocycles. The lowest BCUT2D eigenvalue weighted by molar-refractivity contribution is 0.322. The molecule has 0 aliphatic heterocycles. The maximum absolute atomic E-state index is 5.69. The van der Waals surface area contributed by atoms with Crippen LogP contribution in [0.1, 0.15) is 21.1 Å². The lowest BCUT2D eigenvalue weighted by Crippen LogP contribution is -2.40. The van der Waals surface area contributed by atoms with Crippen molar-refractivity contribution in [3.63, 3.8) is 0 Å². The van der Waals surface area contributed by atoms with Crippen LogP contribution >= 0.6 is 35.3 Å². The molecule has 0 aliphatic rings. The lowest BCUT2D eigenvalue weighted by Gasteiger charge is -2.12. The van der Waals surface area contributed by atoms with E-state index in [9.17, 15) is 0 Å². The summed E-state index contributed by atoms with van der Waals surface area (Å²) in [4.78, 5) is 10.1. The summed E-state index contributed by atoms with van der Waals surface area (Å²) in [5, 5.41) is 7.72. The first-order valence-electron chi connectivity index (χ1n) is 8.15. The fourth-order valence-electron chi connectivity index (χ4n) is 2.13. The quantitative estimate of drug-likeness (QED) is 0.279. The molecule has 0 fully saturated rings. The maximum Gasteiger partial charge on any atom is 0.191 e. The third-order valence-corrected chi connectivity index (χ3v) is 4.74. The van der Waals surface area contributed by atoms with Gasteiger partial charge in [0.1, 0.15) is 12.4 Å². The Labute approximate surface area is 171 Å². The number of ether oxygens (including phenoxy) is 1. The summed E-state index contributed by atoms with van der Waals surface area (Å²) < 4.78 is 5.69. The summed E-state index contributed by atoms with van der Waals surface area (Å²) in [6.45, 7) is 8.33. The molecule has 2 N–H and O–H groups in total. The molecule has 0 spiro atoms. The van der Waals surface area contributed by atoms with Crippen molar-refractivity contribution in [1.82, 2.24) is 15.6 Å². The number of aryl methyl sites for hydroxylation is 3. The Morgan fingerprint density at radius 1 is 1.12 bits per heavy atom. The minimum Gasteiger partial charge on any atom is -0.492 e. The summed E-state index contributed by atoms with van der Waals surface area (Å²) in [6, 6.07) is 8.07. The van der Waals surface area contributed by atoms with Gasteiger partial charge >= 0.3 is 0 Å². The molecule has 0 unspecified atom stereocenters. The summed E-state index contributed by atoms with van der Waals surface area (Å²) in [5.74, 6) is 1.67. The van der Waals surface area contributed by atoms with E-state index in [2.05, 4.69) is 41.4 Å². The summed E-state index contributed by atoms with van der Waals surface area (Å²) in [7, 11) is 1.77. The van der Waals surface area contributed by atoms with Crippen molar-refractivity contribution in [2.75, 3.05) is 26.7 Å². The number of aromatic nitrogens is 1. The standard InChI is InChI=1S/C18H26N4OS.HI/c1-13-5-7-16(8-6-13)23-12-11-21-18(19-4)20-10-9-17-22-14(2)15(3)24-17;/h5-8H,9-12H2,1-4H3,(H2,19,20,21);1H. The molecular weight excluding hydrogens is 447 g/mol. The molecule has 0 bridgehead atoms. The molecular formula is C18H27IN4OS. The number of rotatable bonds is 7. The number of hydrogen-bond donors (Lipinski definition) is 2. The molecule has 2 aromatic rings. The third-order valence-electron chi connectivity index (χ3n) is 3.61. The van der Waals surface area contributed by atoms with E-state index in [1.807, 2.05) is 24.3 Å². The van der Waals surface area contributed by atoms with E-state index in [4.69, 9.17) is 4.74 Å². The van der Waals surface area contributed by atoms with Crippen molar-refractivity contribution in [3.05, 3.63) is 45.4 Å². The van der Waals surface area contributed by atoms with Gasteiger partial charge < -0.3 is 15.4 Å². The van der Waals surface area contributed by atoms with Crippen LogP contribution < -0.4 is 15.4 Å². The second-order valence-corrected chi connectivity index (χ2v) is 6.87. The zero-order valence-electron chi connectivity index (χ0n) is 15.3. The minimum absolute atomic E-state index is 0. The average molecular weight is 474 g/mol. The van der Waals surface area contributed by atoms with Crippen LogP contribution in [0.3, 0.4) is 0 Å². The summed E-state index contributed by atoms with van der Waals surface area (Å²) in [6.07, 6.45) is 0.903. The number of hydrogen-bond acceptors (Lipinski definition) is 4.